The number of para-hydroxylation sites is 3. The van der Waals surface area contributed by atoms with Gasteiger partial charge in [-0.25, -0.2) is 9.78 Å². The molecular weight excluding hydrogens is 330 g/mol. The molecule has 0 amide bonds. The van der Waals surface area contributed by atoms with Gasteiger partial charge in [-0.3, -0.25) is 4.57 Å². The first-order valence-electron chi connectivity index (χ1n) is 7.47. The molecule has 0 N–H and O–H groups in total. The summed E-state index contributed by atoms with van der Waals surface area (Å²) < 4.78 is 29.8. The van der Waals surface area contributed by atoms with Gasteiger partial charge in [0.15, 0.2) is 0 Å². The van der Waals surface area contributed by atoms with E-state index in [0.29, 0.717) is 16.7 Å². The summed E-state index contributed by atoms with van der Waals surface area (Å²) in [6.07, 6.45) is 0. The van der Waals surface area contributed by atoms with Crippen molar-refractivity contribution in [1.82, 2.24) is 29.3 Å². The minimum atomic E-state index is -2.78. The molecule has 0 aliphatic rings. The standard InChI is InChI=1S/C16H12F2N6O/c17-15(18)23-13-9-5-4-8-12(13)19-14(23)10-22-16(25)24(21-20-22)11-6-2-1-3-7-11/h1-9,15H,10H2. The molecule has 4 aromatic rings. The van der Waals surface area contributed by atoms with Crippen molar-refractivity contribution >= 4 is 11.0 Å². The van der Waals surface area contributed by atoms with E-state index in [0.717, 1.165) is 13.9 Å². The lowest BCUT2D eigenvalue weighted by Crippen LogP contribution is -2.26. The average Bonchev–Trinajstić information content (AvgIpc) is 3.16. The summed E-state index contributed by atoms with van der Waals surface area (Å²) in [6.45, 7) is -2.98. The zero-order valence-electron chi connectivity index (χ0n) is 12.8. The normalized spacial score (nSPS) is 11.5. The highest BCUT2D eigenvalue weighted by molar-refractivity contribution is 5.75. The van der Waals surface area contributed by atoms with Crippen molar-refractivity contribution in [3.05, 3.63) is 70.9 Å². The Morgan fingerprint density at radius 2 is 1.68 bits per heavy atom. The topological polar surface area (TPSA) is 70.5 Å². The number of tetrazole rings is 1. The van der Waals surface area contributed by atoms with Crippen molar-refractivity contribution in [2.24, 2.45) is 0 Å². The maximum absolute atomic E-state index is 13.5. The van der Waals surface area contributed by atoms with E-state index in [-0.39, 0.29) is 12.4 Å². The number of fused-ring (bicyclic) bond motifs is 1. The van der Waals surface area contributed by atoms with Gasteiger partial charge in [0.05, 0.1) is 16.7 Å². The molecule has 0 radical (unpaired) electrons. The number of rotatable bonds is 4. The molecule has 0 aliphatic carbocycles. The van der Waals surface area contributed by atoms with Crippen LogP contribution in [0.1, 0.15) is 12.4 Å². The van der Waals surface area contributed by atoms with Gasteiger partial charge in [-0.1, -0.05) is 30.3 Å². The predicted octanol–water partition coefficient (Wildman–Crippen LogP) is 2.22. The summed E-state index contributed by atoms with van der Waals surface area (Å²) >= 11 is 0. The number of halogens is 2. The van der Waals surface area contributed by atoms with Crippen LogP contribution in [0.2, 0.25) is 0 Å². The quantitative estimate of drug-likeness (QED) is 0.570. The fourth-order valence-corrected chi connectivity index (χ4v) is 2.66. The van der Waals surface area contributed by atoms with Crippen molar-refractivity contribution in [1.29, 1.82) is 0 Å². The Bertz CT molecular complexity index is 1080. The van der Waals surface area contributed by atoms with Crippen molar-refractivity contribution in [2.45, 2.75) is 13.1 Å². The number of hydrogen-bond acceptors (Lipinski definition) is 4. The van der Waals surface area contributed by atoms with Gasteiger partial charge in [0, 0.05) is 0 Å². The third-order valence-corrected chi connectivity index (χ3v) is 3.80. The second-order valence-electron chi connectivity index (χ2n) is 5.33. The van der Waals surface area contributed by atoms with Crippen LogP contribution in [0, 0.1) is 0 Å². The van der Waals surface area contributed by atoms with Crippen LogP contribution in [-0.2, 0) is 6.54 Å². The first-order valence-corrected chi connectivity index (χ1v) is 7.47. The predicted molar refractivity (Wildman–Crippen MR) is 85.7 cm³/mol. The van der Waals surface area contributed by atoms with Crippen LogP contribution >= 0.6 is 0 Å². The fourth-order valence-electron chi connectivity index (χ4n) is 2.66. The number of alkyl halides is 2. The van der Waals surface area contributed by atoms with E-state index in [2.05, 4.69) is 15.4 Å². The van der Waals surface area contributed by atoms with Gasteiger partial charge in [-0.2, -0.15) is 18.1 Å². The molecule has 0 saturated heterocycles. The lowest BCUT2D eigenvalue weighted by Gasteiger charge is -2.06. The van der Waals surface area contributed by atoms with Crippen LogP contribution in [-0.4, -0.2) is 29.3 Å². The third-order valence-electron chi connectivity index (χ3n) is 3.80. The van der Waals surface area contributed by atoms with Gasteiger partial charge in [0.25, 0.3) is 0 Å². The first kappa shape index (κ1) is 15.2. The van der Waals surface area contributed by atoms with E-state index in [9.17, 15) is 13.6 Å². The maximum atomic E-state index is 13.5. The number of nitrogens with zero attached hydrogens (tertiary/aromatic N) is 6. The largest absolute Gasteiger partial charge is 0.368 e. The second-order valence-corrected chi connectivity index (χ2v) is 5.33. The van der Waals surface area contributed by atoms with Gasteiger partial charge in [0.2, 0.25) is 0 Å². The number of aromatic nitrogens is 6. The zero-order valence-corrected chi connectivity index (χ0v) is 12.8. The van der Waals surface area contributed by atoms with Crippen LogP contribution in [0.3, 0.4) is 0 Å². The Kier molecular flexibility index (Phi) is 3.60. The van der Waals surface area contributed by atoms with Crippen molar-refractivity contribution in [3.63, 3.8) is 0 Å². The molecule has 25 heavy (non-hydrogen) atoms. The molecule has 0 fully saturated rings. The van der Waals surface area contributed by atoms with Crippen LogP contribution in [0.5, 0.6) is 0 Å². The van der Waals surface area contributed by atoms with Gasteiger partial charge in [0.1, 0.15) is 12.4 Å². The van der Waals surface area contributed by atoms with E-state index in [4.69, 9.17) is 0 Å². The number of benzene rings is 2. The van der Waals surface area contributed by atoms with Gasteiger partial charge in [-0.15, -0.1) is 0 Å². The summed E-state index contributed by atoms with van der Waals surface area (Å²) in [5.74, 6) is 0.0402. The molecule has 0 saturated carbocycles. The zero-order chi connectivity index (χ0) is 17.4. The van der Waals surface area contributed by atoms with Crippen LogP contribution in [0.25, 0.3) is 16.7 Å². The Balaban J connectivity index is 1.77. The smallest absolute Gasteiger partial charge is 0.269 e. The Labute approximate surface area is 139 Å². The number of hydrogen-bond donors (Lipinski definition) is 0. The lowest BCUT2D eigenvalue weighted by molar-refractivity contribution is 0.0710. The van der Waals surface area contributed by atoms with Gasteiger partial charge in [-0.05, 0) is 34.7 Å². The molecule has 2 aromatic carbocycles. The molecule has 0 aliphatic heterocycles. The molecular formula is C16H12F2N6O. The number of imidazole rings is 1. The van der Waals surface area contributed by atoms with E-state index < -0.39 is 12.2 Å². The Morgan fingerprint density at radius 1 is 0.960 bits per heavy atom. The molecule has 0 unspecified atom stereocenters. The minimum absolute atomic E-state index is 0.0402. The van der Waals surface area contributed by atoms with Crippen LogP contribution in [0.15, 0.2) is 59.4 Å². The van der Waals surface area contributed by atoms with Crippen LogP contribution < -0.4 is 5.69 Å². The third kappa shape index (κ3) is 2.59. The van der Waals surface area contributed by atoms with Crippen LogP contribution in [0.4, 0.5) is 8.78 Å². The monoisotopic (exact) mass is 342 g/mol. The van der Waals surface area contributed by atoms with E-state index >= 15 is 0 Å². The molecule has 0 spiro atoms. The maximum Gasteiger partial charge on any atom is 0.368 e. The van der Waals surface area contributed by atoms with Crippen molar-refractivity contribution < 1.29 is 8.78 Å². The summed E-state index contributed by atoms with van der Waals surface area (Å²) in [5.41, 5.74) is 0.748. The molecule has 2 heterocycles. The highest BCUT2D eigenvalue weighted by Gasteiger charge is 2.19. The highest BCUT2D eigenvalue weighted by atomic mass is 19.3. The van der Waals surface area contributed by atoms with Gasteiger partial charge < -0.3 is 0 Å². The molecule has 9 heteroatoms. The Hall–Kier alpha value is -3.36. The second kappa shape index (κ2) is 5.93. The molecule has 0 bridgehead atoms. The van der Waals surface area contributed by atoms with E-state index in [1.165, 1.54) is 0 Å². The fraction of sp³-hybridized carbons (Fsp3) is 0.125. The van der Waals surface area contributed by atoms with Gasteiger partial charge >= 0.3 is 12.2 Å². The molecule has 7 nitrogen and oxygen atoms in total. The lowest BCUT2D eigenvalue weighted by atomic mass is 10.3. The molecule has 0 atom stereocenters. The average molecular weight is 342 g/mol. The van der Waals surface area contributed by atoms with E-state index in [1.54, 1.807) is 48.5 Å². The van der Waals surface area contributed by atoms with Crippen molar-refractivity contribution in [2.75, 3.05) is 0 Å². The van der Waals surface area contributed by atoms with E-state index in [1.807, 2.05) is 6.07 Å². The minimum Gasteiger partial charge on any atom is -0.269 e. The van der Waals surface area contributed by atoms with Crippen molar-refractivity contribution in [3.8, 4) is 5.69 Å². The summed E-state index contributed by atoms with van der Waals surface area (Å²) in [7, 11) is 0. The molecule has 126 valence electrons. The SMILES string of the molecule is O=c1n(Cc2nc3ccccc3n2C(F)F)nnn1-c1ccccc1. The highest BCUT2D eigenvalue weighted by Crippen LogP contribution is 2.23. The summed E-state index contributed by atoms with van der Waals surface area (Å²) in [5, 5.41) is 7.58. The summed E-state index contributed by atoms with van der Waals surface area (Å²) in [6, 6.07) is 15.3. The molecule has 2 aromatic heterocycles. The first-order chi connectivity index (χ1) is 12.1. The summed E-state index contributed by atoms with van der Waals surface area (Å²) in [4.78, 5) is 16.6. The Morgan fingerprint density at radius 3 is 2.44 bits per heavy atom. The molecule has 4 rings (SSSR count).